The Morgan fingerprint density at radius 3 is 2.57 bits per heavy atom. The molecule has 0 saturated carbocycles. The van der Waals surface area contributed by atoms with E-state index in [1.54, 1.807) is 24.3 Å². The number of halogens is 1. The number of methoxy groups -OCH3 is 1. The van der Waals surface area contributed by atoms with E-state index in [0.29, 0.717) is 12.3 Å². The molecule has 0 aliphatic rings. The fourth-order valence-corrected chi connectivity index (χ4v) is 2.43. The fourth-order valence-electron chi connectivity index (χ4n) is 2.03. The van der Waals surface area contributed by atoms with Gasteiger partial charge in [0.25, 0.3) is 0 Å². The Morgan fingerprint density at radius 2 is 1.91 bits per heavy atom. The van der Waals surface area contributed by atoms with Crippen LogP contribution in [0.1, 0.15) is 5.56 Å². The summed E-state index contributed by atoms with van der Waals surface area (Å²) in [7, 11) is 3.26. The minimum Gasteiger partial charge on any atom is -0.508 e. The number of benzene rings is 2. The quantitative estimate of drug-likeness (QED) is 0.779. The molecule has 0 heterocycles. The molecule has 0 aliphatic heterocycles. The first kappa shape index (κ1) is 17.1. The Morgan fingerprint density at radius 1 is 1.22 bits per heavy atom. The summed E-state index contributed by atoms with van der Waals surface area (Å²) in [4.78, 5) is 13.0. The van der Waals surface area contributed by atoms with Gasteiger partial charge in [-0.3, -0.25) is 0 Å². The molecule has 0 bridgehead atoms. The number of carbonyl (C=O) groups excluding carboxylic acids is 1. The van der Waals surface area contributed by atoms with E-state index < -0.39 is 5.97 Å². The van der Waals surface area contributed by atoms with E-state index in [4.69, 9.17) is 4.74 Å². The first-order chi connectivity index (χ1) is 11.0. The molecule has 1 N–H and O–H groups in total. The van der Waals surface area contributed by atoms with Crippen LogP contribution in [-0.2, 0) is 16.1 Å². The second-order valence-electron chi connectivity index (χ2n) is 4.99. The summed E-state index contributed by atoms with van der Waals surface area (Å²) >= 11 is 3.40. The molecular weight excluding hydrogens is 362 g/mol. The Balaban J connectivity index is 2.01. The predicted molar refractivity (Wildman–Crippen MR) is 91.9 cm³/mol. The van der Waals surface area contributed by atoms with Crippen molar-refractivity contribution in [2.45, 2.75) is 6.54 Å². The minimum absolute atomic E-state index is 0.113. The summed E-state index contributed by atoms with van der Waals surface area (Å²) in [5, 5.41) is 9.91. The van der Waals surface area contributed by atoms with Crippen molar-refractivity contribution < 1.29 is 19.4 Å². The molecule has 0 spiro atoms. The van der Waals surface area contributed by atoms with Crippen molar-refractivity contribution in [3.63, 3.8) is 0 Å². The number of phenols is 1. The van der Waals surface area contributed by atoms with Crippen molar-refractivity contribution in [3.05, 3.63) is 52.5 Å². The van der Waals surface area contributed by atoms with Crippen LogP contribution in [0.5, 0.6) is 11.5 Å². The smallest absolute Gasteiger partial charge is 0.343 e. The molecular formula is C17H18BrNO4. The largest absolute Gasteiger partial charge is 0.508 e. The zero-order chi connectivity index (χ0) is 16.8. The van der Waals surface area contributed by atoms with Crippen LogP contribution in [0, 0.1) is 0 Å². The molecule has 0 radical (unpaired) electrons. The fraction of sp³-hybridized carbons (Fsp3) is 0.235. The average Bonchev–Trinajstić information content (AvgIpc) is 2.56. The molecule has 2 aromatic carbocycles. The SMILES string of the molecule is COC(=O)COc1ccc(N(C)Cc2cc(Br)ccc2O)cc1. The predicted octanol–water partition coefficient (Wildman–Crippen LogP) is 3.34. The highest BCUT2D eigenvalue weighted by Crippen LogP contribution is 2.26. The van der Waals surface area contributed by atoms with Crippen LogP contribution in [0.4, 0.5) is 5.69 Å². The normalized spacial score (nSPS) is 10.2. The summed E-state index contributed by atoms with van der Waals surface area (Å²) in [6.07, 6.45) is 0. The maximum absolute atomic E-state index is 11.0. The van der Waals surface area contributed by atoms with E-state index in [-0.39, 0.29) is 12.4 Å². The summed E-state index contributed by atoms with van der Waals surface area (Å²) in [5.74, 6) is 0.437. The number of rotatable bonds is 6. The standard InChI is InChI=1S/C17H18BrNO4/c1-19(10-12-9-13(18)3-8-16(12)20)14-4-6-15(7-5-14)23-11-17(21)22-2/h3-9,20H,10-11H2,1-2H3. The third-order valence-electron chi connectivity index (χ3n) is 3.31. The van der Waals surface area contributed by atoms with Gasteiger partial charge in [0.1, 0.15) is 11.5 Å². The molecule has 0 unspecified atom stereocenters. The maximum atomic E-state index is 11.0. The van der Waals surface area contributed by atoms with E-state index in [2.05, 4.69) is 20.7 Å². The number of aromatic hydroxyl groups is 1. The molecule has 0 aliphatic carbocycles. The summed E-state index contributed by atoms with van der Waals surface area (Å²) < 4.78 is 10.8. The first-order valence-electron chi connectivity index (χ1n) is 6.98. The highest BCUT2D eigenvalue weighted by atomic mass is 79.9. The van der Waals surface area contributed by atoms with Gasteiger partial charge in [-0.05, 0) is 42.5 Å². The van der Waals surface area contributed by atoms with E-state index in [1.807, 2.05) is 30.1 Å². The van der Waals surface area contributed by atoms with E-state index in [9.17, 15) is 9.90 Å². The van der Waals surface area contributed by atoms with Crippen LogP contribution >= 0.6 is 15.9 Å². The summed E-state index contributed by atoms with van der Waals surface area (Å²) in [5.41, 5.74) is 1.79. The van der Waals surface area contributed by atoms with Crippen molar-refractivity contribution in [3.8, 4) is 11.5 Å². The lowest BCUT2D eigenvalue weighted by Gasteiger charge is -2.20. The third kappa shape index (κ3) is 4.89. The molecule has 0 amide bonds. The van der Waals surface area contributed by atoms with Crippen LogP contribution in [0.3, 0.4) is 0 Å². The molecule has 0 saturated heterocycles. The van der Waals surface area contributed by atoms with Gasteiger partial charge in [0.15, 0.2) is 6.61 Å². The second kappa shape index (κ2) is 7.87. The monoisotopic (exact) mass is 379 g/mol. The van der Waals surface area contributed by atoms with Gasteiger partial charge in [0.2, 0.25) is 0 Å². The number of hydrogen-bond acceptors (Lipinski definition) is 5. The number of hydrogen-bond donors (Lipinski definition) is 1. The molecule has 0 fully saturated rings. The highest BCUT2D eigenvalue weighted by molar-refractivity contribution is 9.10. The molecule has 0 atom stereocenters. The summed E-state index contributed by atoms with van der Waals surface area (Å²) in [6.45, 7) is 0.450. The van der Waals surface area contributed by atoms with E-state index in [0.717, 1.165) is 15.7 Å². The van der Waals surface area contributed by atoms with Crippen LogP contribution in [-0.4, -0.2) is 31.8 Å². The lowest BCUT2D eigenvalue weighted by atomic mass is 10.2. The van der Waals surface area contributed by atoms with Crippen molar-refractivity contribution in [1.29, 1.82) is 0 Å². The number of phenolic OH excluding ortho intramolecular Hbond substituents is 1. The van der Waals surface area contributed by atoms with Gasteiger partial charge in [-0.1, -0.05) is 15.9 Å². The van der Waals surface area contributed by atoms with Crippen molar-refractivity contribution in [2.24, 2.45) is 0 Å². The lowest BCUT2D eigenvalue weighted by Crippen LogP contribution is -2.16. The first-order valence-corrected chi connectivity index (χ1v) is 7.77. The molecule has 5 nitrogen and oxygen atoms in total. The van der Waals surface area contributed by atoms with Gasteiger partial charge in [0, 0.05) is 29.3 Å². The zero-order valence-electron chi connectivity index (χ0n) is 13.0. The van der Waals surface area contributed by atoms with Crippen LogP contribution in [0.2, 0.25) is 0 Å². The van der Waals surface area contributed by atoms with Gasteiger partial charge in [0.05, 0.1) is 7.11 Å². The minimum atomic E-state index is -0.420. The maximum Gasteiger partial charge on any atom is 0.343 e. The zero-order valence-corrected chi connectivity index (χ0v) is 14.5. The number of nitrogens with zero attached hydrogens (tertiary/aromatic N) is 1. The van der Waals surface area contributed by atoms with Gasteiger partial charge in [-0.25, -0.2) is 4.79 Å². The van der Waals surface area contributed by atoms with Crippen molar-refractivity contribution >= 4 is 27.6 Å². The molecule has 23 heavy (non-hydrogen) atoms. The van der Waals surface area contributed by atoms with Gasteiger partial charge < -0.3 is 19.5 Å². The molecule has 122 valence electrons. The van der Waals surface area contributed by atoms with Gasteiger partial charge in [-0.15, -0.1) is 0 Å². The molecule has 6 heteroatoms. The highest BCUT2D eigenvalue weighted by Gasteiger charge is 2.08. The molecule has 2 rings (SSSR count). The third-order valence-corrected chi connectivity index (χ3v) is 3.80. The van der Waals surface area contributed by atoms with Crippen LogP contribution in [0.15, 0.2) is 46.9 Å². The Bertz CT molecular complexity index is 673. The number of ether oxygens (including phenoxy) is 2. The van der Waals surface area contributed by atoms with Crippen LogP contribution < -0.4 is 9.64 Å². The Labute approximate surface area is 143 Å². The van der Waals surface area contributed by atoms with Crippen molar-refractivity contribution in [1.82, 2.24) is 0 Å². The topological polar surface area (TPSA) is 59.0 Å². The number of esters is 1. The van der Waals surface area contributed by atoms with Gasteiger partial charge in [-0.2, -0.15) is 0 Å². The number of anilines is 1. The van der Waals surface area contributed by atoms with E-state index >= 15 is 0 Å². The Hall–Kier alpha value is -2.21. The molecule has 0 aromatic heterocycles. The van der Waals surface area contributed by atoms with Crippen molar-refractivity contribution in [2.75, 3.05) is 25.7 Å². The van der Waals surface area contributed by atoms with E-state index in [1.165, 1.54) is 7.11 Å². The second-order valence-corrected chi connectivity index (χ2v) is 5.90. The molecule has 2 aromatic rings. The average molecular weight is 380 g/mol. The van der Waals surface area contributed by atoms with Crippen LogP contribution in [0.25, 0.3) is 0 Å². The lowest BCUT2D eigenvalue weighted by molar-refractivity contribution is -0.142. The van der Waals surface area contributed by atoms with Gasteiger partial charge >= 0.3 is 5.97 Å². The Kier molecular flexibility index (Phi) is 5.87. The summed E-state index contributed by atoms with van der Waals surface area (Å²) in [6, 6.07) is 12.7. The number of carbonyl (C=O) groups is 1.